The monoisotopic (exact) mass is 304 g/mol. The predicted molar refractivity (Wildman–Crippen MR) is 85.4 cm³/mol. The number of carboxylic acids is 1. The summed E-state index contributed by atoms with van der Waals surface area (Å²) >= 11 is 0. The lowest BCUT2D eigenvalue weighted by atomic mass is 9.41. The summed E-state index contributed by atoms with van der Waals surface area (Å²) in [4.78, 5) is 23.1. The molecule has 0 heterocycles. The molecule has 122 valence electrons. The Hall–Kier alpha value is -1.12. The van der Waals surface area contributed by atoms with Crippen molar-refractivity contribution in [1.82, 2.24) is 0 Å². The van der Waals surface area contributed by atoms with E-state index in [9.17, 15) is 14.7 Å². The van der Waals surface area contributed by atoms with Crippen molar-refractivity contribution >= 4 is 12.3 Å². The molecule has 0 spiro atoms. The minimum Gasteiger partial charge on any atom is -0.481 e. The average Bonchev–Trinajstić information content (AvgIpc) is 2.45. The van der Waals surface area contributed by atoms with E-state index in [1.54, 1.807) is 0 Å². The molecule has 3 heteroatoms. The molecule has 0 aromatic rings. The number of carbonyl (C=O) groups excluding carboxylic acids is 1. The first-order valence-electron chi connectivity index (χ1n) is 8.66. The van der Waals surface area contributed by atoms with Crippen LogP contribution in [-0.4, -0.2) is 17.4 Å². The lowest BCUT2D eigenvalue weighted by Crippen LogP contribution is -2.57. The number of carboxylic acid groups (broad SMARTS) is 1. The van der Waals surface area contributed by atoms with Gasteiger partial charge in [0.15, 0.2) is 0 Å². The summed E-state index contributed by atoms with van der Waals surface area (Å²) in [6.45, 7) is 6.59. The standard InChI is InChI=1S/C19H28O3/c1-17-10-7-15-18(2,8-4-9-19(15,3)16(21)22)14(17)6-5-13(11-17)12-20/h11-12,14-15H,4-10H2,1-3H3,(H,21,22)/t14-,15+,17-,18+,19-/m0/s1. The van der Waals surface area contributed by atoms with E-state index in [0.29, 0.717) is 5.92 Å². The van der Waals surface area contributed by atoms with E-state index < -0.39 is 11.4 Å². The van der Waals surface area contributed by atoms with Crippen molar-refractivity contribution in [2.45, 2.75) is 65.7 Å². The van der Waals surface area contributed by atoms with E-state index in [4.69, 9.17) is 0 Å². The molecule has 1 N–H and O–H groups in total. The van der Waals surface area contributed by atoms with Crippen molar-refractivity contribution in [3.8, 4) is 0 Å². The van der Waals surface area contributed by atoms with Crippen LogP contribution in [0.15, 0.2) is 11.6 Å². The van der Waals surface area contributed by atoms with Crippen LogP contribution in [0.2, 0.25) is 0 Å². The molecule has 0 amide bonds. The fourth-order valence-electron chi connectivity index (χ4n) is 6.35. The topological polar surface area (TPSA) is 54.4 Å². The highest BCUT2D eigenvalue weighted by Gasteiger charge is 2.61. The first-order chi connectivity index (χ1) is 10.3. The number of hydrogen-bond donors (Lipinski definition) is 1. The summed E-state index contributed by atoms with van der Waals surface area (Å²) in [6.07, 6.45) is 10.0. The maximum absolute atomic E-state index is 12.0. The third-order valence-corrected chi connectivity index (χ3v) is 7.42. The number of hydrogen-bond acceptors (Lipinski definition) is 2. The van der Waals surface area contributed by atoms with Crippen molar-refractivity contribution in [1.29, 1.82) is 0 Å². The van der Waals surface area contributed by atoms with Gasteiger partial charge in [0.2, 0.25) is 0 Å². The van der Waals surface area contributed by atoms with Gasteiger partial charge in [0.05, 0.1) is 5.41 Å². The van der Waals surface area contributed by atoms with E-state index in [1.165, 1.54) is 0 Å². The molecule has 5 atom stereocenters. The van der Waals surface area contributed by atoms with Crippen molar-refractivity contribution < 1.29 is 14.7 Å². The number of fused-ring (bicyclic) bond motifs is 3. The molecule has 0 bridgehead atoms. The van der Waals surface area contributed by atoms with E-state index in [0.717, 1.165) is 56.8 Å². The summed E-state index contributed by atoms with van der Waals surface area (Å²) < 4.78 is 0. The van der Waals surface area contributed by atoms with Gasteiger partial charge in [0.25, 0.3) is 0 Å². The van der Waals surface area contributed by atoms with Crippen molar-refractivity contribution in [3.63, 3.8) is 0 Å². The highest BCUT2D eigenvalue weighted by molar-refractivity contribution is 5.75. The van der Waals surface area contributed by atoms with Gasteiger partial charge in [-0.05, 0) is 73.7 Å². The lowest BCUT2D eigenvalue weighted by Gasteiger charge is -2.62. The van der Waals surface area contributed by atoms with Crippen LogP contribution in [0.1, 0.15) is 65.7 Å². The maximum Gasteiger partial charge on any atom is 0.309 e. The highest BCUT2D eigenvalue weighted by atomic mass is 16.4. The van der Waals surface area contributed by atoms with Crippen LogP contribution < -0.4 is 0 Å². The molecule has 3 aliphatic carbocycles. The average molecular weight is 304 g/mol. The van der Waals surface area contributed by atoms with Crippen molar-refractivity contribution in [3.05, 3.63) is 11.6 Å². The van der Waals surface area contributed by atoms with Gasteiger partial charge in [-0.15, -0.1) is 0 Å². The van der Waals surface area contributed by atoms with Crippen LogP contribution in [0.5, 0.6) is 0 Å². The van der Waals surface area contributed by atoms with Gasteiger partial charge in [0.1, 0.15) is 6.29 Å². The molecule has 0 aliphatic heterocycles. The summed E-state index contributed by atoms with van der Waals surface area (Å²) in [5.41, 5.74) is 0.514. The SMILES string of the molecule is C[C@]12CCC[C@](C)(C(=O)O)[C@@H]1CC[C@@]1(C)C=C(C=O)CC[C@H]21. The quantitative estimate of drug-likeness (QED) is 0.777. The van der Waals surface area contributed by atoms with E-state index in [-0.39, 0.29) is 16.7 Å². The first kappa shape index (κ1) is 15.8. The van der Waals surface area contributed by atoms with Gasteiger partial charge in [0, 0.05) is 0 Å². The van der Waals surface area contributed by atoms with E-state index >= 15 is 0 Å². The Balaban J connectivity index is 2.02. The van der Waals surface area contributed by atoms with Crippen molar-refractivity contribution in [2.24, 2.45) is 28.1 Å². The molecule has 2 fully saturated rings. The van der Waals surface area contributed by atoms with Gasteiger partial charge in [-0.25, -0.2) is 0 Å². The number of rotatable bonds is 2. The normalized spacial score (nSPS) is 47.9. The Morgan fingerprint density at radius 2 is 1.91 bits per heavy atom. The lowest BCUT2D eigenvalue weighted by molar-refractivity contribution is -0.174. The molecule has 2 saturated carbocycles. The van der Waals surface area contributed by atoms with E-state index in [2.05, 4.69) is 19.9 Å². The molecular weight excluding hydrogens is 276 g/mol. The van der Waals surface area contributed by atoms with Crippen LogP contribution >= 0.6 is 0 Å². The summed E-state index contributed by atoms with van der Waals surface area (Å²) in [5.74, 6) is 0.142. The molecular formula is C19H28O3. The first-order valence-corrected chi connectivity index (χ1v) is 8.66. The Kier molecular flexibility index (Phi) is 3.54. The number of aliphatic carboxylic acids is 1. The Bertz CT molecular complexity index is 537. The van der Waals surface area contributed by atoms with Gasteiger partial charge in [-0.2, -0.15) is 0 Å². The molecule has 0 unspecified atom stereocenters. The Morgan fingerprint density at radius 1 is 1.18 bits per heavy atom. The van der Waals surface area contributed by atoms with E-state index in [1.807, 2.05) is 6.92 Å². The zero-order chi connectivity index (χ0) is 16.2. The third kappa shape index (κ3) is 2.00. The Morgan fingerprint density at radius 3 is 2.55 bits per heavy atom. The summed E-state index contributed by atoms with van der Waals surface area (Å²) in [7, 11) is 0. The molecule has 0 saturated heterocycles. The van der Waals surface area contributed by atoms with Crippen LogP contribution in [0.4, 0.5) is 0 Å². The van der Waals surface area contributed by atoms with Crippen LogP contribution in [0.3, 0.4) is 0 Å². The fraction of sp³-hybridized carbons (Fsp3) is 0.789. The number of aldehydes is 1. The van der Waals surface area contributed by atoms with Gasteiger partial charge < -0.3 is 5.11 Å². The second-order valence-corrected chi connectivity index (χ2v) is 8.61. The van der Waals surface area contributed by atoms with Crippen LogP contribution in [-0.2, 0) is 9.59 Å². The van der Waals surface area contributed by atoms with Crippen molar-refractivity contribution in [2.75, 3.05) is 0 Å². The van der Waals surface area contributed by atoms with Crippen LogP contribution in [0, 0.1) is 28.1 Å². The molecule has 3 rings (SSSR count). The molecule has 0 aromatic heterocycles. The third-order valence-electron chi connectivity index (χ3n) is 7.42. The predicted octanol–water partition coefficient (Wildman–Crippen LogP) is 4.22. The summed E-state index contributed by atoms with van der Waals surface area (Å²) in [5, 5.41) is 9.83. The molecule has 3 nitrogen and oxygen atoms in total. The van der Waals surface area contributed by atoms with Crippen LogP contribution in [0.25, 0.3) is 0 Å². The highest BCUT2D eigenvalue weighted by Crippen LogP contribution is 2.66. The second-order valence-electron chi connectivity index (χ2n) is 8.61. The smallest absolute Gasteiger partial charge is 0.309 e. The largest absolute Gasteiger partial charge is 0.481 e. The fourth-order valence-corrected chi connectivity index (χ4v) is 6.35. The summed E-state index contributed by atoms with van der Waals surface area (Å²) in [6, 6.07) is 0. The van der Waals surface area contributed by atoms with Gasteiger partial charge >= 0.3 is 5.97 Å². The zero-order valence-corrected chi connectivity index (χ0v) is 14.0. The zero-order valence-electron chi connectivity index (χ0n) is 14.0. The molecule has 22 heavy (non-hydrogen) atoms. The minimum atomic E-state index is -0.619. The molecule has 0 radical (unpaired) electrons. The van der Waals surface area contributed by atoms with Gasteiger partial charge in [-0.3, -0.25) is 9.59 Å². The van der Waals surface area contributed by atoms with Gasteiger partial charge in [-0.1, -0.05) is 26.3 Å². The molecule has 3 aliphatic rings. The molecule has 0 aromatic carbocycles. The second kappa shape index (κ2) is 4.94. The number of carbonyl (C=O) groups is 2. The minimum absolute atomic E-state index is 0.0660. The maximum atomic E-state index is 12.0. The Labute approximate surface area is 133 Å². The number of allylic oxidation sites excluding steroid dienone is 2.